The van der Waals surface area contributed by atoms with Gasteiger partial charge in [-0.1, -0.05) is 72.3 Å². The van der Waals surface area contributed by atoms with Crippen molar-refractivity contribution in [1.82, 2.24) is 4.57 Å². The summed E-state index contributed by atoms with van der Waals surface area (Å²) in [5, 5.41) is 11.2. The highest BCUT2D eigenvalue weighted by molar-refractivity contribution is 6.32. The first-order valence-electron chi connectivity index (χ1n) is 12.2. The van der Waals surface area contributed by atoms with E-state index in [-0.39, 0.29) is 11.1 Å². The van der Waals surface area contributed by atoms with E-state index in [1.165, 1.54) is 29.0 Å². The number of ketones is 1. The molecular weight excluding hydrogens is 533 g/mol. The number of hydrogen-bond acceptors (Lipinski definition) is 5. The van der Waals surface area contributed by atoms with E-state index >= 15 is 0 Å². The number of fused-ring (bicyclic) bond motifs is 1. The molecule has 40 heavy (non-hydrogen) atoms. The third-order valence-corrected chi connectivity index (χ3v) is 6.48. The highest BCUT2D eigenvalue weighted by Crippen LogP contribution is 2.29. The van der Waals surface area contributed by atoms with Crippen LogP contribution in [0.1, 0.15) is 37.9 Å². The molecule has 0 fully saturated rings. The van der Waals surface area contributed by atoms with Gasteiger partial charge in [0.2, 0.25) is 5.76 Å². The molecule has 0 aliphatic rings. The summed E-state index contributed by atoms with van der Waals surface area (Å²) in [5.74, 6) is -3.76. The molecule has 0 aliphatic heterocycles. The van der Waals surface area contributed by atoms with Gasteiger partial charge in [0.25, 0.3) is 5.91 Å². The van der Waals surface area contributed by atoms with Crippen molar-refractivity contribution < 1.29 is 28.6 Å². The maximum Gasteiger partial charge on any atom is 0.374 e. The van der Waals surface area contributed by atoms with Crippen LogP contribution >= 0.6 is 11.6 Å². The van der Waals surface area contributed by atoms with Crippen molar-refractivity contribution in [2.45, 2.75) is 6.10 Å². The van der Waals surface area contributed by atoms with E-state index in [0.717, 1.165) is 18.2 Å². The number of halogens is 2. The summed E-state index contributed by atoms with van der Waals surface area (Å²) in [4.78, 5) is 39.3. The van der Waals surface area contributed by atoms with E-state index in [0.29, 0.717) is 27.1 Å². The van der Waals surface area contributed by atoms with Crippen LogP contribution in [0.3, 0.4) is 0 Å². The fourth-order valence-corrected chi connectivity index (χ4v) is 4.48. The zero-order valence-electron chi connectivity index (χ0n) is 20.8. The maximum atomic E-state index is 13.4. The molecule has 0 radical (unpaired) electrons. The lowest BCUT2D eigenvalue weighted by molar-refractivity contribution is -0.145. The monoisotopic (exact) mass is 553 g/mol. The fraction of sp³-hybridized carbons (Fsp3) is 0.0312. The van der Waals surface area contributed by atoms with Gasteiger partial charge >= 0.3 is 5.97 Å². The Hall–Kier alpha value is -5.01. The molecule has 8 heteroatoms. The Labute approximate surface area is 233 Å². The van der Waals surface area contributed by atoms with Crippen LogP contribution in [0.2, 0.25) is 5.02 Å². The predicted molar refractivity (Wildman–Crippen MR) is 149 cm³/mol. The molecule has 4 aromatic carbocycles. The minimum atomic E-state index is -1.10. The standard InChI is InChI=1S/C32H21ClFNO5/c33-23-13-16-27-25(17-23)26(19-35(27)31(38)22-11-14-24(34)15-12-22)28(36)18-29(37)32(39)40-30(20-7-3-1-4-8-20)21-9-5-2-6-10-21/h1-19,30,37H. The van der Waals surface area contributed by atoms with E-state index in [4.69, 9.17) is 16.3 Å². The largest absolute Gasteiger partial charge is 0.502 e. The second kappa shape index (κ2) is 11.4. The van der Waals surface area contributed by atoms with Crippen LogP contribution in [-0.4, -0.2) is 27.3 Å². The van der Waals surface area contributed by atoms with Gasteiger partial charge in [-0.05, 0) is 53.6 Å². The number of carbonyl (C=O) groups excluding carboxylic acids is 3. The topological polar surface area (TPSA) is 85.6 Å². The lowest BCUT2D eigenvalue weighted by Gasteiger charge is -2.18. The number of allylic oxidation sites excluding steroid dienone is 1. The molecule has 1 aromatic heterocycles. The van der Waals surface area contributed by atoms with Gasteiger partial charge in [0.05, 0.1) is 5.52 Å². The van der Waals surface area contributed by atoms with Crippen molar-refractivity contribution >= 4 is 40.2 Å². The van der Waals surface area contributed by atoms with Gasteiger partial charge in [-0.2, -0.15) is 0 Å². The Kier molecular flexibility index (Phi) is 7.57. The van der Waals surface area contributed by atoms with Crippen molar-refractivity contribution in [3.63, 3.8) is 0 Å². The minimum Gasteiger partial charge on any atom is -0.502 e. The molecule has 0 saturated carbocycles. The van der Waals surface area contributed by atoms with Crippen LogP contribution in [0.25, 0.3) is 10.9 Å². The molecular formula is C32H21ClFNO5. The molecule has 1 heterocycles. The van der Waals surface area contributed by atoms with E-state index in [2.05, 4.69) is 0 Å². The molecule has 198 valence electrons. The van der Waals surface area contributed by atoms with Crippen LogP contribution in [0.5, 0.6) is 0 Å². The molecule has 0 saturated heterocycles. The normalized spacial score (nSPS) is 11.5. The van der Waals surface area contributed by atoms with Crippen molar-refractivity contribution in [2.75, 3.05) is 0 Å². The third kappa shape index (κ3) is 5.55. The van der Waals surface area contributed by atoms with Crippen molar-refractivity contribution in [3.8, 4) is 0 Å². The molecule has 0 atom stereocenters. The molecule has 6 nitrogen and oxygen atoms in total. The lowest BCUT2D eigenvalue weighted by Crippen LogP contribution is -2.15. The number of aliphatic hydroxyl groups excluding tert-OH is 1. The summed E-state index contributed by atoms with van der Waals surface area (Å²) in [6, 6.07) is 27.6. The maximum absolute atomic E-state index is 13.4. The zero-order chi connectivity index (χ0) is 28.2. The predicted octanol–water partition coefficient (Wildman–Crippen LogP) is 7.08. The highest BCUT2D eigenvalue weighted by atomic mass is 35.5. The Balaban J connectivity index is 1.46. The number of aliphatic hydroxyl groups is 1. The zero-order valence-corrected chi connectivity index (χ0v) is 21.6. The molecule has 0 bridgehead atoms. The van der Waals surface area contributed by atoms with Gasteiger partial charge in [0, 0.05) is 33.8 Å². The second-order valence-electron chi connectivity index (χ2n) is 8.89. The number of carbonyl (C=O) groups is 3. The molecule has 5 rings (SSSR count). The first-order valence-corrected chi connectivity index (χ1v) is 12.6. The van der Waals surface area contributed by atoms with Crippen molar-refractivity contribution in [3.05, 3.63) is 154 Å². The Bertz CT molecular complexity index is 1710. The Morgan fingerprint density at radius 2 is 1.45 bits per heavy atom. The molecule has 0 amide bonds. The molecule has 1 N–H and O–H groups in total. The van der Waals surface area contributed by atoms with Crippen molar-refractivity contribution in [1.29, 1.82) is 0 Å². The van der Waals surface area contributed by atoms with E-state index in [1.54, 1.807) is 60.7 Å². The number of hydrogen-bond donors (Lipinski definition) is 1. The summed E-state index contributed by atoms with van der Waals surface area (Å²) >= 11 is 6.16. The summed E-state index contributed by atoms with van der Waals surface area (Å²) in [6.45, 7) is 0. The number of nitrogens with zero attached hydrogens (tertiary/aromatic N) is 1. The Morgan fingerprint density at radius 3 is 2.05 bits per heavy atom. The number of aromatic nitrogens is 1. The van der Waals surface area contributed by atoms with E-state index < -0.39 is 35.3 Å². The number of rotatable bonds is 7. The van der Waals surface area contributed by atoms with Crippen LogP contribution in [0, 0.1) is 5.82 Å². The quantitative estimate of drug-likeness (QED) is 0.101. The molecule has 5 aromatic rings. The van der Waals surface area contributed by atoms with Gasteiger partial charge in [-0.15, -0.1) is 0 Å². The van der Waals surface area contributed by atoms with Crippen LogP contribution in [0.4, 0.5) is 4.39 Å². The smallest absolute Gasteiger partial charge is 0.374 e. The lowest BCUT2D eigenvalue weighted by atomic mass is 10.0. The van der Waals surface area contributed by atoms with Crippen LogP contribution in [0.15, 0.2) is 121 Å². The van der Waals surface area contributed by atoms with Crippen molar-refractivity contribution in [2.24, 2.45) is 0 Å². The highest BCUT2D eigenvalue weighted by Gasteiger charge is 2.24. The first-order chi connectivity index (χ1) is 19.3. The molecule has 0 spiro atoms. The summed E-state index contributed by atoms with van der Waals surface area (Å²) in [6.07, 6.45) is 1.22. The SMILES string of the molecule is O=C(OC(c1ccccc1)c1ccccc1)C(O)=CC(=O)c1cn(C(=O)c2ccc(F)cc2)c2ccc(Cl)cc12. The second-order valence-corrected chi connectivity index (χ2v) is 9.32. The Morgan fingerprint density at radius 1 is 0.850 bits per heavy atom. The van der Waals surface area contributed by atoms with Crippen LogP contribution < -0.4 is 0 Å². The average molecular weight is 554 g/mol. The number of benzene rings is 4. The summed E-state index contributed by atoms with van der Waals surface area (Å²) in [5.41, 5.74) is 1.94. The number of esters is 1. The first kappa shape index (κ1) is 26.6. The van der Waals surface area contributed by atoms with Gasteiger partial charge in [-0.3, -0.25) is 14.2 Å². The summed E-state index contributed by atoms with van der Waals surface area (Å²) < 4.78 is 20.2. The van der Waals surface area contributed by atoms with Crippen LogP contribution in [-0.2, 0) is 9.53 Å². The fourth-order valence-electron chi connectivity index (χ4n) is 4.31. The third-order valence-electron chi connectivity index (χ3n) is 6.25. The van der Waals surface area contributed by atoms with Gasteiger partial charge in [0.15, 0.2) is 11.9 Å². The van der Waals surface area contributed by atoms with E-state index in [9.17, 15) is 23.9 Å². The van der Waals surface area contributed by atoms with E-state index in [1.807, 2.05) is 12.1 Å². The summed E-state index contributed by atoms with van der Waals surface area (Å²) in [7, 11) is 0. The molecule has 0 aliphatic carbocycles. The minimum absolute atomic E-state index is 0.0231. The molecule has 0 unspecified atom stereocenters. The van der Waals surface area contributed by atoms with Gasteiger partial charge in [0.1, 0.15) is 5.82 Å². The average Bonchev–Trinajstić information content (AvgIpc) is 3.35. The number of ether oxygens (including phenoxy) is 1. The van der Waals surface area contributed by atoms with Gasteiger partial charge < -0.3 is 9.84 Å². The van der Waals surface area contributed by atoms with Gasteiger partial charge in [-0.25, -0.2) is 9.18 Å².